The lowest BCUT2D eigenvalue weighted by molar-refractivity contribution is 0.0716. The normalized spacial score (nSPS) is 23.7. The number of aliphatic hydroxyl groups is 1. The van der Waals surface area contributed by atoms with Crippen LogP contribution in [-0.4, -0.2) is 23.2 Å². The highest BCUT2D eigenvalue weighted by atomic mass is 16.3. The van der Waals surface area contributed by atoms with Crippen molar-refractivity contribution in [2.75, 3.05) is 0 Å². The van der Waals surface area contributed by atoms with Crippen molar-refractivity contribution in [2.45, 2.75) is 51.2 Å². The highest BCUT2D eigenvalue weighted by Crippen LogP contribution is 2.19. The Kier molecular flexibility index (Phi) is 4.37. The predicted octanol–water partition coefficient (Wildman–Crippen LogP) is 2.28. The molecule has 18 heavy (non-hydrogen) atoms. The summed E-state index contributed by atoms with van der Waals surface area (Å²) in [6.45, 7) is 2.04. The Hall–Kier alpha value is -1.35. The summed E-state index contributed by atoms with van der Waals surface area (Å²) in [4.78, 5) is 12.2. The molecule has 0 heterocycles. The van der Waals surface area contributed by atoms with Gasteiger partial charge in [0.25, 0.3) is 5.91 Å². The van der Waals surface area contributed by atoms with Gasteiger partial charge in [0.05, 0.1) is 12.1 Å². The van der Waals surface area contributed by atoms with Crippen molar-refractivity contribution >= 4 is 5.91 Å². The van der Waals surface area contributed by atoms with Crippen molar-refractivity contribution < 1.29 is 9.90 Å². The molecule has 0 aliphatic heterocycles. The molecule has 0 spiro atoms. The number of rotatable bonds is 3. The quantitative estimate of drug-likeness (QED) is 0.861. The first-order valence-electron chi connectivity index (χ1n) is 6.79. The first kappa shape index (κ1) is 13.1. The molecule has 0 bridgehead atoms. The maximum absolute atomic E-state index is 12.2. The topological polar surface area (TPSA) is 49.3 Å². The summed E-state index contributed by atoms with van der Waals surface area (Å²) in [6, 6.07) is 7.57. The highest BCUT2D eigenvalue weighted by Gasteiger charge is 2.25. The second-order valence-electron chi connectivity index (χ2n) is 4.94. The molecule has 98 valence electrons. The van der Waals surface area contributed by atoms with Crippen LogP contribution in [0.25, 0.3) is 0 Å². The van der Waals surface area contributed by atoms with Crippen molar-refractivity contribution in [3.05, 3.63) is 35.4 Å². The van der Waals surface area contributed by atoms with E-state index < -0.39 is 6.10 Å². The number of benzene rings is 1. The highest BCUT2D eigenvalue weighted by molar-refractivity contribution is 5.95. The van der Waals surface area contributed by atoms with Gasteiger partial charge >= 0.3 is 0 Å². The van der Waals surface area contributed by atoms with E-state index in [4.69, 9.17) is 0 Å². The lowest BCUT2D eigenvalue weighted by Gasteiger charge is -2.28. The summed E-state index contributed by atoms with van der Waals surface area (Å²) in [5.41, 5.74) is 1.79. The molecular weight excluding hydrogens is 226 g/mol. The first-order valence-corrected chi connectivity index (χ1v) is 6.79. The van der Waals surface area contributed by atoms with E-state index in [2.05, 4.69) is 5.32 Å². The minimum Gasteiger partial charge on any atom is -0.391 e. The molecule has 1 aliphatic rings. The molecular formula is C15H21NO2. The van der Waals surface area contributed by atoms with E-state index in [1.807, 2.05) is 31.2 Å². The SMILES string of the molecule is CCc1ccccc1C(=O)N[C@H]1CCCC[C@@H]1O. The van der Waals surface area contributed by atoms with Crippen LogP contribution in [0.15, 0.2) is 24.3 Å². The van der Waals surface area contributed by atoms with Crippen LogP contribution in [0.1, 0.15) is 48.5 Å². The van der Waals surface area contributed by atoms with Crippen molar-refractivity contribution in [3.8, 4) is 0 Å². The third-order valence-electron chi connectivity index (χ3n) is 3.69. The summed E-state index contributed by atoms with van der Waals surface area (Å²) in [7, 11) is 0. The van der Waals surface area contributed by atoms with Gasteiger partial charge in [0, 0.05) is 5.56 Å². The zero-order valence-electron chi connectivity index (χ0n) is 10.9. The minimum absolute atomic E-state index is 0.0570. The molecule has 0 radical (unpaired) electrons. The number of hydrogen-bond donors (Lipinski definition) is 2. The third kappa shape index (κ3) is 2.91. The van der Waals surface area contributed by atoms with Crippen molar-refractivity contribution in [3.63, 3.8) is 0 Å². The van der Waals surface area contributed by atoms with E-state index in [0.717, 1.165) is 43.2 Å². The van der Waals surface area contributed by atoms with Crippen LogP contribution in [0.5, 0.6) is 0 Å². The van der Waals surface area contributed by atoms with Crippen LogP contribution in [0.3, 0.4) is 0 Å². The second-order valence-corrected chi connectivity index (χ2v) is 4.94. The molecule has 0 unspecified atom stereocenters. The van der Waals surface area contributed by atoms with Gasteiger partial charge in [-0.3, -0.25) is 4.79 Å². The van der Waals surface area contributed by atoms with Gasteiger partial charge in [-0.15, -0.1) is 0 Å². The molecule has 0 aromatic heterocycles. The summed E-state index contributed by atoms with van der Waals surface area (Å²) in [5.74, 6) is -0.0570. The lowest BCUT2D eigenvalue weighted by Crippen LogP contribution is -2.45. The van der Waals surface area contributed by atoms with Gasteiger partial charge < -0.3 is 10.4 Å². The largest absolute Gasteiger partial charge is 0.391 e. The lowest BCUT2D eigenvalue weighted by atomic mass is 9.92. The molecule has 1 aromatic rings. The molecule has 1 amide bonds. The number of hydrogen-bond acceptors (Lipinski definition) is 2. The monoisotopic (exact) mass is 247 g/mol. The number of carbonyl (C=O) groups excluding carboxylic acids is 1. The van der Waals surface area contributed by atoms with Gasteiger partial charge in [-0.25, -0.2) is 0 Å². The van der Waals surface area contributed by atoms with Crippen molar-refractivity contribution in [2.24, 2.45) is 0 Å². The molecule has 2 rings (SSSR count). The minimum atomic E-state index is -0.392. The average molecular weight is 247 g/mol. The Bertz CT molecular complexity index is 417. The van der Waals surface area contributed by atoms with E-state index in [-0.39, 0.29) is 11.9 Å². The zero-order chi connectivity index (χ0) is 13.0. The molecule has 0 saturated heterocycles. The molecule has 2 atom stereocenters. The summed E-state index contributed by atoms with van der Waals surface area (Å²) in [6.07, 6.45) is 4.26. The molecule has 1 aliphatic carbocycles. The Labute approximate surface area is 108 Å². The second kappa shape index (κ2) is 6.01. The average Bonchev–Trinajstić information content (AvgIpc) is 2.41. The molecule has 1 saturated carbocycles. The number of aliphatic hydroxyl groups excluding tert-OH is 1. The number of aryl methyl sites for hydroxylation is 1. The van der Waals surface area contributed by atoms with Gasteiger partial charge in [-0.2, -0.15) is 0 Å². The van der Waals surface area contributed by atoms with E-state index >= 15 is 0 Å². The van der Waals surface area contributed by atoms with Gasteiger partial charge in [0.1, 0.15) is 0 Å². The summed E-state index contributed by atoms with van der Waals surface area (Å²) in [5, 5.41) is 12.8. The van der Waals surface area contributed by atoms with E-state index in [9.17, 15) is 9.90 Å². The smallest absolute Gasteiger partial charge is 0.251 e. The van der Waals surface area contributed by atoms with Crippen molar-refractivity contribution in [1.29, 1.82) is 0 Å². The van der Waals surface area contributed by atoms with Crippen LogP contribution in [0.2, 0.25) is 0 Å². The number of carbonyl (C=O) groups is 1. The fraction of sp³-hybridized carbons (Fsp3) is 0.533. The van der Waals surface area contributed by atoms with E-state index in [1.165, 1.54) is 0 Å². The van der Waals surface area contributed by atoms with E-state index in [0.29, 0.717) is 0 Å². The molecule has 3 heteroatoms. The maximum Gasteiger partial charge on any atom is 0.251 e. The predicted molar refractivity (Wildman–Crippen MR) is 71.5 cm³/mol. The van der Waals surface area contributed by atoms with Gasteiger partial charge in [0.15, 0.2) is 0 Å². The molecule has 2 N–H and O–H groups in total. The van der Waals surface area contributed by atoms with Crippen LogP contribution in [0, 0.1) is 0 Å². The third-order valence-corrected chi connectivity index (χ3v) is 3.69. The summed E-state index contributed by atoms with van der Waals surface area (Å²) < 4.78 is 0. The standard InChI is InChI=1S/C15H21NO2/c1-2-11-7-3-4-8-12(11)15(18)16-13-9-5-6-10-14(13)17/h3-4,7-8,13-14,17H,2,5-6,9-10H2,1H3,(H,16,18)/t13-,14-/m0/s1. The number of nitrogens with one attached hydrogen (secondary N) is 1. The van der Waals surface area contributed by atoms with Crippen LogP contribution in [0.4, 0.5) is 0 Å². The molecule has 1 aromatic carbocycles. The molecule has 1 fully saturated rings. The molecule has 3 nitrogen and oxygen atoms in total. The van der Waals surface area contributed by atoms with E-state index in [1.54, 1.807) is 0 Å². The van der Waals surface area contributed by atoms with Crippen LogP contribution in [-0.2, 0) is 6.42 Å². The fourth-order valence-electron chi connectivity index (χ4n) is 2.58. The van der Waals surface area contributed by atoms with Gasteiger partial charge in [-0.05, 0) is 30.9 Å². The summed E-state index contributed by atoms with van der Waals surface area (Å²) >= 11 is 0. The van der Waals surface area contributed by atoms with Crippen LogP contribution >= 0.6 is 0 Å². The number of amides is 1. The Morgan fingerprint density at radius 1 is 1.33 bits per heavy atom. The fourth-order valence-corrected chi connectivity index (χ4v) is 2.58. The Morgan fingerprint density at radius 2 is 2.06 bits per heavy atom. The Balaban J connectivity index is 2.07. The van der Waals surface area contributed by atoms with Crippen LogP contribution < -0.4 is 5.32 Å². The van der Waals surface area contributed by atoms with Crippen molar-refractivity contribution in [1.82, 2.24) is 5.32 Å². The van der Waals surface area contributed by atoms with Gasteiger partial charge in [0.2, 0.25) is 0 Å². The maximum atomic E-state index is 12.2. The Morgan fingerprint density at radius 3 is 2.78 bits per heavy atom. The zero-order valence-corrected chi connectivity index (χ0v) is 10.9. The van der Waals surface area contributed by atoms with Gasteiger partial charge in [-0.1, -0.05) is 38.0 Å². The first-order chi connectivity index (χ1) is 8.72.